The van der Waals surface area contributed by atoms with E-state index in [4.69, 9.17) is 0 Å². The van der Waals surface area contributed by atoms with Gasteiger partial charge in [0.05, 0.1) is 0 Å². The van der Waals surface area contributed by atoms with Crippen LogP contribution in [-0.2, 0) is 0 Å². The average molecular weight is 153 g/mol. The van der Waals surface area contributed by atoms with E-state index in [1.807, 2.05) is 19.1 Å². The van der Waals surface area contributed by atoms with Crippen LogP contribution >= 0.6 is 0 Å². The van der Waals surface area contributed by atoms with Gasteiger partial charge in [-0.1, -0.05) is 32.6 Å². The minimum absolute atomic E-state index is 0.716. The van der Waals surface area contributed by atoms with Crippen molar-refractivity contribution in [1.82, 2.24) is 5.32 Å². The Kier molecular flexibility index (Phi) is 5.86. The summed E-state index contributed by atoms with van der Waals surface area (Å²) in [6, 6.07) is 0. The Labute approximate surface area is 70.2 Å². The second-order valence-electron chi connectivity index (χ2n) is 3.18. The summed E-state index contributed by atoms with van der Waals surface area (Å²) in [6.07, 6.45) is 4.05. The summed E-state index contributed by atoms with van der Waals surface area (Å²) in [4.78, 5) is 0. The highest BCUT2D eigenvalue weighted by Crippen LogP contribution is 1.91. The van der Waals surface area contributed by atoms with E-state index in [-0.39, 0.29) is 0 Å². The molecule has 1 N–H and O–H groups in total. The van der Waals surface area contributed by atoms with Crippen LogP contribution in [0.2, 0.25) is 0 Å². The number of hydrogen-bond donors (Lipinski definition) is 1. The lowest BCUT2D eigenvalue weighted by Crippen LogP contribution is -2.21. The molecule has 0 heterocycles. The van der Waals surface area contributed by atoms with E-state index < -0.39 is 0 Å². The highest BCUT2D eigenvalue weighted by molar-refractivity contribution is 5.14. The molecule has 0 unspecified atom stereocenters. The van der Waals surface area contributed by atoms with Crippen molar-refractivity contribution in [1.29, 1.82) is 0 Å². The molecular weight excluding hydrogens is 134 g/mol. The average Bonchev–Trinajstić information content (AvgIpc) is 1.87. The summed E-state index contributed by atoms with van der Waals surface area (Å²) in [7, 11) is 0. The van der Waals surface area contributed by atoms with Gasteiger partial charge in [-0.3, -0.25) is 0 Å². The molecule has 0 radical (unpaired) electrons. The van der Waals surface area contributed by atoms with Gasteiger partial charge in [0, 0.05) is 6.54 Å². The first-order valence-electron chi connectivity index (χ1n) is 4.18. The first-order chi connectivity index (χ1) is 5.16. The lowest BCUT2D eigenvalue weighted by atomic mass is 10.2. The predicted octanol–water partition coefficient (Wildman–Crippen LogP) is 2.36. The standard InChI is InChI=1S/C10H19N/c1-5-6-10(4)8-11-7-9(2)3/h5-6,9,11H,4,7-8H2,1-3H3/b6-5-. The van der Waals surface area contributed by atoms with Crippen LogP contribution in [0, 0.1) is 5.92 Å². The van der Waals surface area contributed by atoms with Gasteiger partial charge in [0.1, 0.15) is 0 Å². The molecule has 0 saturated heterocycles. The third-order valence-electron chi connectivity index (χ3n) is 1.31. The molecule has 0 fully saturated rings. The zero-order chi connectivity index (χ0) is 8.69. The van der Waals surface area contributed by atoms with Gasteiger partial charge in [-0.2, -0.15) is 0 Å². The quantitative estimate of drug-likeness (QED) is 0.598. The van der Waals surface area contributed by atoms with Gasteiger partial charge in [0.2, 0.25) is 0 Å². The molecule has 0 bridgehead atoms. The predicted molar refractivity (Wildman–Crippen MR) is 51.7 cm³/mol. The summed E-state index contributed by atoms with van der Waals surface area (Å²) >= 11 is 0. The molecule has 0 aliphatic rings. The molecule has 0 amide bonds. The topological polar surface area (TPSA) is 12.0 Å². The van der Waals surface area contributed by atoms with E-state index in [0.29, 0.717) is 5.92 Å². The molecule has 0 spiro atoms. The molecule has 11 heavy (non-hydrogen) atoms. The maximum Gasteiger partial charge on any atom is 0.0199 e. The molecule has 0 aromatic rings. The van der Waals surface area contributed by atoms with Gasteiger partial charge in [-0.05, 0) is 25.0 Å². The van der Waals surface area contributed by atoms with Crippen molar-refractivity contribution < 1.29 is 0 Å². The fourth-order valence-corrected chi connectivity index (χ4v) is 0.816. The van der Waals surface area contributed by atoms with E-state index in [9.17, 15) is 0 Å². The maximum absolute atomic E-state index is 3.89. The van der Waals surface area contributed by atoms with Crippen LogP contribution in [-0.4, -0.2) is 13.1 Å². The third kappa shape index (κ3) is 7.34. The molecule has 1 nitrogen and oxygen atoms in total. The Morgan fingerprint density at radius 1 is 1.55 bits per heavy atom. The summed E-state index contributed by atoms with van der Waals surface area (Å²) in [5.41, 5.74) is 1.15. The van der Waals surface area contributed by atoms with Gasteiger partial charge in [0.25, 0.3) is 0 Å². The Morgan fingerprint density at radius 3 is 2.64 bits per heavy atom. The van der Waals surface area contributed by atoms with Crippen molar-refractivity contribution in [3.63, 3.8) is 0 Å². The summed E-state index contributed by atoms with van der Waals surface area (Å²) < 4.78 is 0. The van der Waals surface area contributed by atoms with E-state index >= 15 is 0 Å². The molecular formula is C10H19N. The van der Waals surface area contributed by atoms with Crippen LogP contribution in [0.25, 0.3) is 0 Å². The highest BCUT2D eigenvalue weighted by Gasteiger charge is 1.92. The highest BCUT2D eigenvalue weighted by atomic mass is 14.8. The van der Waals surface area contributed by atoms with Crippen LogP contribution < -0.4 is 5.32 Å². The van der Waals surface area contributed by atoms with E-state index in [2.05, 4.69) is 25.7 Å². The second kappa shape index (κ2) is 6.17. The fourth-order valence-electron chi connectivity index (χ4n) is 0.816. The van der Waals surface area contributed by atoms with Crippen LogP contribution in [0.4, 0.5) is 0 Å². The van der Waals surface area contributed by atoms with E-state index in [1.54, 1.807) is 0 Å². The first-order valence-corrected chi connectivity index (χ1v) is 4.18. The largest absolute Gasteiger partial charge is 0.312 e. The smallest absolute Gasteiger partial charge is 0.0199 e. The fraction of sp³-hybridized carbons (Fsp3) is 0.600. The Hall–Kier alpha value is -0.560. The third-order valence-corrected chi connectivity index (χ3v) is 1.31. The molecule has 0 rings (SSSR count). The number of hydrogen-bond acceptors (Lipinski definition) is 1. The summed E-state index contributed by atoms with van der Waals surface area (Å²) in [5, 5.41) is 3.32. The summed E-state index contributed by atoms with van der Waals surface area (Å²) in [6.45, 7) is 12.3. The number of nitrogens with one attached hydrogen (secondary N) is 1. The molecule has 0 aliphatic carbocycles. The first kappa shape index (κ1) is 10.4. The monoisotopic (exact) mass is 153 g/mol. The van der Waals surface area contributed by atoms with Crippen molar-refractivity contribution in [2.45, 2.75) is 20.8 Å². The van der Waals surface area contributed by atoms with Gasteiger partial charge < -0.3 is 5.32 Å². The van der Waals surface area contributed by atoms with Crippen molar-refractivity contribution >= 4 is 0 Å². The molecule has 1 heteroatoms. The van der Waals surface area contributed by atoms with E-state index in [0.717, 1.165) is 18.7 Å². The Morgan fingerprint density at radius 2 is 2.18 bits per heavy atom. The zero-order valence-electron chi connectivity index (χ0n) is 7.85. The van der Waals surface area contributed by atoms with Crippen molar-refractivity contribution in [3.8, 4) is 0 Å². The maximum atomic E-state index is 3.89. The van der Waals surface area contributed by atoms with Crippen LogP contribution in [0.5, 0.6) is 0 Å². The second-order valence-corrected chi connectivity index (χ2v) is 3.18. The molecule has 64 valence electrons. The lowest BCUT2D eigenvalue weighted by molar-refractivity contribution is 0.574. The van der Waals surface area contributed by atoms with Gasteiger partial charge in [-0.15, -0.1) is 0 Å². The van der Waals surface area contributed by atoms with Gasteiger partial charge in [-0.25, -0.2) is 0 Å². The minimum Gasteiger partial charge on any atom is -0.312 e. The normalized spacial score (nSPS) is 11.3. The SMILES string of the molecule is C=C(/C=C\C)CNCC(C)C. The Balaban J connectivity index is 3.32. The minimum atomic E-state index is 0.716. The van der Waals surface area contributed by atoms with Gasteiger partial charge >= 0.3 is 0 Å². The summed E-state index contributed by atoms with van der Waals surface area (Å²) in [5.74, 6) is 0.716. The van der Waals surface area contributed by atoms with Crippen LogP contribution in [0.3, 0.4) is 0 Å². The zero-order valence-corrected chi connectivity index (χ0v) is 7.85. The number of allylic oxidation sites excluding steroid dienone is 1. The molecule has 0 aromatic carbocycles. The molecule has 0 atom stereocenters. The van der Waals surface area contributed by atoms with Crippen LogP contribution in [0.1, 0.15) is 20.8 Å². The van der Waals surface area contributed by atoms with Crippen molar-refractivity contribution in [2.24, 2.45) is 5.92 Å². The molecule has 0 saturated carbocycles. The molecule has 0 aliphatic heterocycles. The molecule has 0 aromatic heterocycles. The number of rotatable bonds is 5. The van der Waals surface area contributed by atoms with Crippen LogP contribution in [0.15, 0.2) is 24.3 Å². The lowest BCUT2D eigenvalue weighted by Gasteiger charge is -2.06. The van der Waals surface area contributed by atoms with Crippen molar-refractivity contribution in [2.75, 3.05) is 13.1 Å². The Bertz CT molecular complexity index is 134. The van der Waals surface area contributed by atoms with Gasteiger partial charge in [0.15, 0.2) is 0 Å². The van der Waals surface area contributed by atoms with Crippen molar-refractivity contribution in [3.05, 3.63) is 24.3 Å². The van der Waals surface area contributed by atoms with E-state index in [1.165, 1.54) is 0 Å².